The Morgan fingerprint density at radius 2 is 1.77 bits per heavy atom. The third kappa shape index (κ3) is 3.13. The van der Waals surface area contributed by atoms with Gasteiger partial charge in [0, 0.05) is 30.5 Å². The first-order chi connectivity index (χ1) is 15.3. The van der Waals surface area contributed by atoms with Crippen molar-refractivity contribution < 1.29 is 14.3 Å². The number of nitrogens with zero attached hydrogens (tertiary/aromatic N) is 1. The van der Waals surface area contributed by atoms with Crippen molar-refractivity contribution >= 4 is 22.5 Å². The van der Waals surface area contributed by atoms with Crippen LogP contribution in [0.2, 0.25) is 0 Å². The van der Waals surface area contributed by atoms with Crippen LogP contribution in [0.1, 0.15) is 29.0 Å². The summed E-state index contributed by atoms with van der Waals surface area (Å²) < 4.78 is 13.8. The van der Waals surface area contributed by atoms with Crippen molar-refractivity contribution in [2.24, 2.45) is 0 Å². The van der Waals surface area contributed by atoms with Gasteiger partial charge in [0.2, 0.25) is 5.91 Å². The highest BCUT2D eigenvalue weighted by Gasteiger charge is 2.29. The van der Waals surface area contributed by atoms with Gasteiger partial charge in [-0.15, -0.1) is 0 Å². The van der Waals surface area contributed by atoms with Crippen LogP contribution in [-0.2, 0) is 11.3 Å². The van der Waals surface area contributed by atoms with E-state index in [9.17, 15) is 4.79 Å². The number of benzene rings is 3. The standard InChI is InChI=1S/C26H22N2O3/c29-25-14-19(18-9-10-23-24(13-18)31-12-11-30-23)20-16-28(15-17-5-2-1-3-6-17)22-8-4-7-21(27-25)26(20)22/h1-10,13,16,19H,11-12,14-15H2,(H,27,29)/t19-/m0/s1. The molecule has 3 heterocycles. The Morgan fingerprint density at radius 1 is 0.935 bits per heavy atom. The monoisotopic (exact) mass is 410 g/mol. The van der Waals surface area contributed by atoms with Crippen molar-refractivity contribution in [2.45, 2.75) is 18.9 Å². The summed E-state index contributed by atoms with van der Waals surface area (Å²) in [5, 5.41) is 4.23. The maximum atomic E-state index is 12.8. The highest BCUT2D eigenvalue weighted by Crippen LogP contribution is 2.43. The summed E-state index contributed by atoms with van der Waals surface area (Å²) in [6.45, 7) is 1.89. The number of ether oxygens (including phenoxy) is 2. The van der Waals surface area contributed by atoms with Crippen LogP contribution in [-0.4, -0.2) is 23.7 Å². The average Bonchev–Trinajstić information content (AvgIpc) is 3.09. The SMILES string of the molecule is O=C1C[C@@H](c2ccc3c(c2)OCCO3)c2cn(Cc3ccccc3)c3cccc(c23)N1. The normalized spacial score (nSPS) is 17.3. The Morgan fingerprint density at radius 3 is 2.65 bits per heavy atom. The molecule has 0 aliphatic carbocycles. The summed E-state index contributed by atoms with van der Waals surface area (Å²) in [6, 6.07) is 22.6. The highest BCUT2D eigenvalue weighted by atomic mass is 16.6. The molecule has 0 saturated carbocycles. The summed E-state index contributed by atoms with van der Waals surface area (Å²) in [5.74, 6) is 1.49. The number of aromatic nitrogens is 1. The molecule has 0 radical (unpaired) electrons. The molecule has 5 nitrogen and oxygen atoms in total. The van der Waals surface area contributed by atoms with Crippen LogP contribution < -0.4 is 14.8 Å². The van der Waals surface area contributed by atoms with Gasteiger partial charge in [-0.3, -0.25) is 4.79 Å². The van der Waals surface area contributed by atoms with E-state index in [0.717, 1.165) is 45.8 Å². The Bertz CT molecular complexity index is 1290. The van der Waals surface area contributed by atoms with Crippen LogP contribution >= 0.6 is 0 Å². The molecule has 2 aliphatic heterocycles. The van der Waals surface area contributed by atoms with Crippen molar-refractivity contribution in [2.75, 3.05) is 18.5 Å². The largest absolute Gasteiger partial charge is 0.486 e. The fraction of sp³-hybridized carbons (Fsp3) is 0.192. The zero-order valence-corrected chi connectivity index (χ0v) is 17.0. The fourth-order valence-corrected chi connectivity index (χ4v) is 4.73. The molecule has 6 rings (SSSR count). The summed E-state index contributed by atoms with van der Waals surface area (Å²) in [6.07, 6.45) is 2.60. The molecule has 4 aromatic rings. The zero-order chi connectivity index (χ0) is 20.8. The lowest BCUT2D eigenvalue weighted by molar-refractivity contribution is -0.116. The van der Waals surface area contributed by atoms with Gasteiger partial charge in [-0.05, 0) is 41.0 Å². The van der Waals surface area contributed by atoms with Gasteiger partial charge in [-0.1, -0.05) is 42.5 Å². The van der Waals surface area contributed by atoms with Gasteiger partial charge in [-0.25, -0.2) is 0 Å². The highest BCUT2D eigenvalue weighted by molar-refractivity contribution is 6.06. The van der Waals surface area contributed by atoms with Crippen LogP contribution in [0.25, 0.3) is 10.9 Å². The Labute approximate surface area is 180 Å². The molecule has 31 heavy (non-hydrogen) atoms. The molecule has 0 unspecified atom stereocenters. The molecular weight excluding hydrogens is 388 g/mol. The maximum Gasteiger partial charge on any atom is 0.225 e. The lowest BCUT2D eigenvalue weighted by Crippen LogP contribution is -2.16. The van der Waals surface area contributed by atoms with Gasteiger partial charge < -0.3 is 19.4 Å². The number of carbonyl (C=O) groups is 1. The van der Waals surface area contributed by atoms with Crippen LogP contribution in [0.5, 0.6) is 11.5 Å². The second-order valence-electron chi connectivity index (χ2n) is 8.11. The molecular formula is C26H22N2O3. The number of rotatable bonds is 3. The smallest absolute Gasteiger partial charge is 0.225 e. The summed E-state index contributed by atoms with van der Waals surface area (Å²) in [7, 11) is 0. The first-order valence-corrected chi connectivity index (χ1v) is 10.6. The van der Waals surface area contributed by atoms with E-state index in [4.69, 9.17) is 9.47 Å². The summed E-state index contributed by atoms with van der Waals surface area (Å²) in [5.41, 5.74) is 5.48. The zero-order valence-electron chi connectivity index (χ0n) is 17.0. The number of amides is 1. The molecule has 3 aromatic carbocycles. The molecule has 2 aliphatic rings. The Balaban J connectivity index is 1.51. The number of hydrogen-bond acceptors (Lipinski definition) is 3. The number of fused-ring (bicyclic) bond motifs is 1. The average molecular weight is 410 g/mol. The number of carbonyl (C=O) groups excluding carboxylic acids is 1. The van der Waals surface area contributed by atoms with Gasteiger partial charge in [0.25, 0.3) is 0 Å². The van der Waals surface area contributed by atoms with E-state index in [2.05, 4.69) is 52.5 Å². The van der Waals surface area contributed by atoms with Crippen LogP contribution in [0, 0.1) is 0 Å². The minimum absolute atomic E-state index is 0.0261. The summed E-state index contributed by atoms with van der Waals surface area (Å²) >= 11 is 0. The lowest BCUT2D eigenvalue weighted by Gasteiger charge is -2.21. The molecule has 154 valence electrons. The predicted molar refractivity (Wildman–Crippen MR) is 120 cm³/mol. The molecule has 1 N–H and O–H groups in total. The van der Waals surface area contributed by atoms with E-state index >= 15 is 0 Å². The van der Waals surface area contributed by atoms with Crippen molar-refractivity contribution in [3.8, 4) is 11.5 Å². The van der Waals surface area contributed by atoms with Crippen LogP contribution in [0.3, 0.4) is 0 Å². The molecule has 1 aromatic heterocycles. The molecule has 0 bridgehead atoms. The van der Waals surface area contributed by atoms with Gasteiger partial charge in [-0.2, -0.15) is 0 Å². The van der Waals surface area contributed by atoms with E-state index < -0.39 is 0 Å². The van der Waals surface area contributed by atoms with E-state index in [-0.39, 0.29) is 11.8 Å². The van der Waals surface area contributed by atoms with Gasteiger partial charge in [0.15, 0.2) is 11.5 Å². The number of nitrogens with one attached hydrogen (secondary N) is 1. The molecule has 5 heteroatoms. The fourth-order valence-electron chi connectivity index (χ4n) is 4.73. The van der Waals surface area contributed by atoms with Gasteiger partial charge >= 0.3 is 0 Å². The van der Waals surface area contributed by atoms with E-state index in [1.807, 2.05) is 30.3 Å². The van der Waals surface area contributed by atoms with Crippen LogP contribution in [0.15, 0.2) is 72.9 Å². The second kappa shape index (κ2) is 7.20. The lowest BCUT2D eigenvalue weighted by atomic mass is 9.88. The third-order valence-corrected chi connectivity index (χ3v) is 6.14. The minimum atomic E-state index is -0.0565. The van der Waals surface area contributed by atoms with Crippen molar-refractivity contribution in [3.05, 3.63) is 89.6 Å². The summed E-state index contributed by atoms with van der Waals surface area (Å²) in [4.78, 5) is 12.8. The van der Waals surface area contributed by atoms with Crippen molar-refractivity contribution in [3.63, 3.8) is 0 Å². The van der Waals surface area contributed by atoms with Crippen molar-refractivity contribution in [1.29, 1.82) is 0 Å². The molecule has 0 fully saturated rings. The Hall–Kier alpha value is -3.73. The first-order valence-electron chi connectivity index (χ1n) is 10.6. The quantitative estimate of drug-likeness (QED) is 0.521. The first kappa shape index (κ1) is 18.1. The number of hydrogen-bond donors (Lipinski definition) is 1. The molecule has 0 saturated heterocycles. The number of anilines is 1. The Kier molecular flexibility index (Phi) is 4.20. The van der Waals surface area contributed by atoms with E-state index in [1.165, 1.54) is 5.56 Å². The molecule has 0 spiro atoms. The van der Waals surface area contributed by atoms with E-state index in [0.29, 0.717) is 19.6 Å². The molecule has 1 atom stereocenters. The predicted octanol–water partition coefficient (Wildman–Crippen LogP) is 4.93. The van der Waals surface area contributed by atoms with Gasteiger partial charge in [0.1, 0.15) is 13.2 Å². The van der Waals surface area contributed by atoms with Gasteiger partial charge in [0.05, 0.1) is 11.2 Å². The maximum absolute atomic E-state index is 12.8. The minimum Gasteiger partial charge on any atom is -0.486 e. The van der Waals surface area contributed by atoms with E-state index in [1.54, 1.807) is 0 Å². The van der Waals surface area contributed by atoms with Crippen LogP contribution in [0.4, 0.5) is 5.69 Å². The van der Waals surface area contributed by atoms with Crippen molar-refractivity contribution in [1.82, 2.24) is 4.57 Å². The molecule has 1 amide bonds. The second-order valence-corrected chi connectivity index (χ2v) is 8.11. The topological polar surface area (TPSA) is 52.5 Å². The third-order valence-electron chi connectivity index (χ3n) is 6.14.